The molecule has 1 saturated heterocycles. The molecule has 4 rings (SSSR count). The summed E-state index contributed by atoms with van der Waals surface area (Å²) in [4.78, 5) is 7.33. The molecule has 0 amide bonds. The molecule has 6 heteroatoms. The van der Waals surface area contributed by atoms with Gasteiger partial charge in [0.1, 0.15) is 5.65 Å². The van der Waals surface area contributed by atoms with E-state index in [-0.39, 0.29) is 0 Å². The maximum Gasteiger partial charge on any atom is 0.137 e. The number of benzene rings is 1. The summed E-state index contributed by atoms with van der Waals surface area (Å²) in [7, 11) is 0. The highest BCUT2D eigenvalue weighted by atomic mass is 15.2. The van der Waals surface area contributed by atoms with Crippen molar-refractivity contribution in [2.75, 3.05) is 26.2 Å². The Bertz CT molecular complexity index is 1050. The fraction of sp³-hybridized carbons (Fsp3) is 0.318. The SMILES string of the molecule is N#CCc1ccc(-c2nc3ccc(CC#N)cn3c2CN2CCNCC2)cc1. The minimum atomic E-state index is 0.388. The molecule has 0 radical (unpaired) electrons. The van der Waals surface area contributed by atoms with Gasteiger partial charge in [0, 0.05) is 44.5 Å². The van der Waals surface area contributed by atoms with E-state index >= 15 is 0 Å². The number of hydrogen-bond donors (Lipinski definition) is 1. The molecule has 0 spiro atoms. The predicted octanol–water partition coefficient (Wildman–Crippen LogP) is 2.54. The van der Waals surface area contributed by atoms with E-state index in [0.29, 0.717) is 12.8 Å². The second-order valence-corrected chi connectivity index (χ2v) is 7.07. The first-order valence-corrected chi connectivity index (χ1v) is 9.54. The van der Waals surface area contributed by atoms with Gasteiger partial charge in [-0.25, -0.2) is 4.98 Å². The third-order valence-electron chi connectivity index (χ3n) is 5.16. The Morgan fingerprint density at radius 2 is 1.61 bits per heavy atom. The number of rotatable bonds is 5. The van der Waals surface area contributed by atoms with Gasteiger partial charge in [-0.15, -0.1) is 0 Å². The molecular formula is C22H22N6. The topological polar surface area (TPSA) is 80.1 Å². The van der Waals surface area contributed by atoms with Gasteiger partial charge in [0.2, 0.25) is 0 Å². The van der Waals surface area contributed by atoms with Crippen molar-refractivity contribution in [3.05, 3.63) is 59.4 Å². The van der Waals surface area contributed by atoms with Gasteiger partial charge in [0.25, 0.3) is 0 Å². The van der Waals surface area contributed by atoms with Crippen molar-refractivity contribution < 1.29 is 0 Å². The lowest BCUT2D eigenvalue weighted by atomic mass is 10.1. The van der Waals surface area contributed by atoms with E-state index in [4.69, 9.17) is 15.5 Å². The zero-order valence-electron chi connectivity index (χ0n) is 15.7. The summed E-state index contributed by atoms with van der Waals surface area (Å²) in [5.41, 5.74) is 6.06. The van der Waals surface area contributed by atoms with Crippen molar-refractivity contribution in [3.63, 3.8) is 0 Å². The van der Waals surface area contributed by atoms with Crippen molar-refractivity contribution in [1.29, 1.82) is 10.5 Å². The van der Waals surface area contributed by atoms with Crippen molar-refractivity contribution in [1.82, 2.24) is 19.6 Å². The van der Waals surface area contributed by atoms with E-state index in [2.05, 4.69) is 26.8 Å². The molecule has 3 aromatic rings. The molecule has 28 heavy (non-hydrogen) atoms. The number of nitriles is 2. The van der Waals surface area contributed by atoms with Gasteiger partial charge in [-0.2, -0.15) is 10.5 Å². The van der Waals surface area contributed by atoms with Crippen LogP contribution in [0.5, 0.6) is 0 Å². The van der Waals surface area contributed by atoms with Gasteiger partial charge in [-0.3, -0.25) is 4.90 Å². The molecule has 1 aromatic carbocycles. The molecule has 0 aliphatic carbocycles. The molecule has 1 N–H and O–H groups in total. The molecule has 2 aromatic heterocycles. The van der Waals surface area contributed by atoms with Crippen LogP contribution >= 0.6 is 0 Å². The number of nitrogens with zero attached hydrogens (tertiary/aromatic N) is 5. The Balaban J connectivity index is 1.78. The average molecular weight is 370 g/mol. The van der Waals surface area contributed by atoms with Crippen molar-refractivity contribution in [2.45, 2.75) is 19.4 Å². The molecule has 1 fully saturated rings. The Kier molecular flexibility index (Phi) is 5.34. The molecule has 6 nitrogen and oxygen atoms in total. The van der Waals surface area contributed by atoms with Crippen LogP contribution in [0.4, 0.5) is 0 Å². The third-order valence-corrected chi connectivity index (χ3v) is 5.16. The number of imidazole rings is 1. The highest BCUT2D eigenvalue weighted by Gasteiger charge is 2.19. The molecule has 0 atom stereocenters. The highest BCUT2D eigenvalue weighted by molar-refractivity contribution is 5.67. The summed E-state index contributed by atoms with van der Waals surface area (Å²) < 4.78 is 2.13. The molecule has 1 aliphatic rings. The van der Waals surface area contributed by atoms with E-state index in [1.165, 1.54) is 0 Å². The summed E-state index contributed by atoms with van der Waals surface area (Å²) in [5.74, 6) is 0. The highest BCUT2D eigenvalue weighted by Crippen LogP contribution is 2.27. The summed E-state index contributed by atoms with van der Waals surface area (Å²) in [6.45, 7) is 4.81. The van der Waals surface area contributed by atoms with E-state index in [9.17, 15) is 0 Å². The van der Waals surface area contributed by atoms with Crippen LogP contribution in [0.3, 0.4) is 0 Å². The third kappa shape index (κ3) is 3.75. The normalized spacial score (nSPS) is 14.6. The number of fused-ring (bicyclic) bond motifs is 1. The fourth-order valence-electron chi connectivity index (χ4n) is 3.67. The molecule has 0 bridgehead atoms. The van der Waals surface area contributed by atoms with Gasteiger partial charge in [0.15, 0.2) is 0 Å². The minimum absolute atomic E-state index is 0.388. The average Bonchev–Trinajstić information content (AvgIpc) is 3.08. The zero-order chi connectivity index (χ0) is 19.3. The van der Waals surface area contributed by atoms with Gasteiger partial charge in [-0.05, 0) is 17.2 Å². The predicted molar refractivity (Wildman–Crippen MR) is 107 cm³/mol. The fourth-order valence-corrected chi connectivity index (χ4v) is 3.67. The van der Waals surface area contributed by atoms with Crippen LogP contribution in [0.2, 0.25) is 0 Å². The number of nitrogens with one attached hydrogen (secondary N) is 1. The quantitative estimate of drug-likeness (QED) is 0.746. The van der Waals surface area contributed by atoms with Crippen LogP contribution in [-0.2, 0) is 19.4 Å². The largest absolute Gasteiger partial charge is 0.314 e. The summed E-state index contributed by atoms with van der Waals surface area (Å²) >= 11 is 0. The number of pyridine rings is 1. The van der Waals surface area contributed by atoms with Gasteiger partial charge < -0.3 is 9.72 Å². The van der Waals surface area contributed by atoms with Crippen LogP contribution in [0, 0.1) is 22.7 Å². The molecule has 140 valence electrons. The van der Waals surface area contributed by atoms with E-state index in [1.54, 1.807) is 0 Å². The summed E-state index contributed by atoms with van der Waals surface area (Å²) in [6, 6.07) is 16.5. The van der Waals surface area contributed by atoms with Crippen LogP contribution in [0.15, 0.2) is 42.6 Å². The zero-order valence-corrected chi connectivity index (χ0v) is 15.7. The smallest absolute Gasteiger partial charge is 0.137 e. The van der Waals surface area contributed by atoms with Crippen molar-refractivity contribution in [3.8, 4) is 23.4 Å². The Labute approximate surface area is 164 Å². The van der Waals surface area contributed by atoms with E-state index in [0.717, 1.165) is 66.4 Å². The second kappa shape index (κ2) is 8.22. The Hall–Kier alpha value is -3.19. The monoisotopic (exact) mass is 370 g/mol. The number of hydrogen-bond acceptors (Lipinski definition) is 5. The number of aromatic nitrogens is 2. The molecule has 3 heterocycles. The van der Waals surface area contributed by atoms with Gasteiger partial charge >= 0.3 is 0 Å². The molecule has 1 aliphatic heterocycles. The first-order valence-electron chi connectivity index (χ1n) is 9.54. The summed E-state index contributed by atoms with van der Waals surface area (Å²) in [6.07, 6.45) is 2.84. The van der Waals surface area contributed by atoms with Crippen LogP contribution < -0.4 is 5.32 Å². The lowest BCUT2D eigenvalue weighted by Crippen LogP contribution is -2.43. The minimum Gasteiger partial charge on any atom is -0.314 e. The molecule has 0 saturated carbocycles. The second-order valence-electron chi connectivity index (χ2n) is 7.07. The van der Waals surface area contributed by atoms with Crippen LogP contribution in [0.1, 0.15) is 16.8 Å². The van der Waals surface area contributed by atoms with E-state index in [1.807, 2.05) is 42.6 Å². The maximum atomic E-state index is 9.06. The van der Waals surface area contributed by atoms with Crippen LogP contribution in [0.25, 0.3) is 16.9 Å². The van der Waals surface area contributed by atoms with Gasteiger partial charge in [-0.1, -0.05) is 30.3 Å². The van der Waals surface area contributed by atoms with Gasteiger partial charge in [0.05, 0.1) is 36.4 Å². The number of piperazine rings is 1. The molecular weight excluding hydrogens is 348 g/mol. The van der Waals surface area contributed by atoms with Crippen molar-refractivity contribution in [2.24, 2.45) is 0 Å². The maximum absolute atomic E-state index is 9.06. The lowest BCUT2D eigenvalue weighted by Gasteiger charge is -2.27. The lowest BCUT2D eigenvalue weighted by molar-refractivity contribution is 0.230. The Morgan fingerprint density at radius 3 is 2.32 bits per heavy atom. The van der Waals surface area contributed by atoms with Crippen LogP contribution in [-0.4, -0.2) is 40.5 Å². The first kappa shape index (κ1) is 18.2. The standard InChI is InChI=1S/C22H22N6/c23-9-7-17-1-4-19(5-2-17)22-20(16-27-13-11-25-12-14-27)28-15-18(8-10-24)3-6-21(28)26-22/h1-6,15,25H,7-8,11-14,16H2. The Morgan fingerprint density at radius 1 is 0.929 bits per heavy atom. The first-order chi connectivity index (χ1) is 13.8. The summed E-state index contributed by atoms with van der Waals surface area (Å²) in [5, 5.41) is 21.4. The van der Waals surface area contributed by atoms with Crippen molar-refractivity contribution >= 4 is 5.65 Å². The molecule has 0 unspecified atom stereocenters. The van der Waals surface area contributed by atoms with E-state index < -0.39 is 0 Å².